The molecule has 6 heteroatoms. The van der Waals surface area contributed by atoms with Crippen molar-refractivity contribution in [2.45, 2.75) is 25.4 Å². The SMILES string of the molecule is CC(O[C@@H](O)C(O)CO)C(=O)O. The van der Waals surface area contributed by atoms with E-state index in [2.05, 4.69) is 4.74 Å². The van der Waals surface area contributed by atoms with Crippen molar-refractivity contribution in [2.24, 2.45) is 0 Å². The number of carbonyl (C=O) groups is 1. The van der Waals surface area contributed by atoms with E-state index < -0.39 is 31.1 Å². The molecular formula is C6H12O6. The van der Waals surface area contributed by atoms with Gasteiger partial charge < -0.3 is 25.2 Å². The number of carboxylic acids is 1. The molecule has 0 aromatic carbocycles. The number of aliphatic hydroxyl groups excluding tert-OH is 3. The van der Waals surface area contributed by atoms with Gasteiger partial charge in [0.1, 0.15) is 6.10 Å². The number of carboxylic acid groups (broad SMARTS) is 1. The minimum atomic E-state index is -1.68. The maximum absolute atomic E-state index is 10.2. The Balaban J connectivity index is 3.83. The largest absolute Gasteiger partial charge is 0.479 e. The summed E-state index contributed by atoms with van der Waals surface area (Å²) in [6.07, 6.45) is -4.38. The molecule has 3 atom stereocenters. The molecule has 0 aliphatic rings. The van der Waals surface area contributed by atoms with Crippen LogP contribution in [0, 0.1) is 0 Å². The van der Waals surface area contributed by atoms with Gasteiger partial charge in [-0.3, -0.25) is 0 Å². The van der Waals surface area contributed by atoms with Crippen LogP contribution in [0.3, 0.4) is 0 Å². The van der Waals surface area contributed by atoms with Gasteiger partial charge in [0.2, 0.25) is 0 Å². The lowest BCUT2D eigenvalue weighted by Crippen LogP contribution is -2.36. The third-order valence-electron chi connectivity index (χ3n) is 1.21. The highest BCUT2D eigenvalue weighted by Gasteiger charge is 2.21. The Bertz CT molecular complexity index is 147. The van der Waals surface area contributed by atoms with Crippen LogP contribution in [0.1, 0.15) is 6.92 Å². The highest BCUT2D eigenvalue weighted by molar-refractivity contribution is 5.71. The Hall–Kier alpha value is -0.690. The summed E-state index contributed by atoms with van der Waals surface area (Å²) in [6, 6.07) is 0. The number of aliphatic hydroxyl groups is 3. The van der Waals surface area contributed by atoms with E-state index in [1.54, 1.807) is 0 Å². The Labute approximate surface area is 69.0 Å². The van der Waals surface area contributed by atoms with Gasteiger partial charge in [-0.2, -0.15) is 0 Å². The molecule has 0 aromatic heterocycles. The van der Waals surface area contributed by atoms with Crippen LogP contribution in [-0.4, -0.2) is 51.5 Å². The van der Waals surface area contributed by atoms with Gasteiger partial charge in [-0.1, -0.05) is 0 Å². The average molecular weight is 180 g/mol. The molecule has 0 heterocycles. The third kappa shape index (κ3) is 3.63. The summed E-state index contributed by atoms with van der Waals surface area (Å²) in [4.78, 5) is 10.2. The smallest absolute Gasteiger partial charge is 0.332 e. The fraction of sp³-hybridized carbons (Fsp3) is 0.833. The summed E-state index contributed by atoms with van der Waals surface area (Å²) in [5.41, 5.74) is 0. The number of hydrogen-bond donors (Lipinski definition) is 4. The first-order valence-electron chi connectivity index (χ1n) is 3.34. The van der Waals surface area contributed by atoms with Crippen molar-refractivity contribution >= 4 is 5.97 Å². The predicted octanol–water partition coefficient (Wildman–Crippen LogP) is -1.85. The zero-order chi connectivity index (χ0) is 9.72. The summed E-state index contributed by atoms with van der Waals surface area (Å²) in [7, 11) is 0. The highest BCUT2D eigenvalue weighted by Crippen LogP contribution is 2.00. The molecule has 0 bridgehead atoms. The van der Waals surface area contributed by atoms with Gasteiger partial charge in [0.05, 0.1) is 6.61 Å². The van der Waals surface area contributed by atoms with Crippen LogP contribution in [0.5, 0.6) is 0 Å². The van der Waals surface area contributed by atoms with Crippen molar-refractivity contribution in [3.05, 3.63) is 0 Å². The molecule has 6 nitrogen and oxygen atoms in total. The Morgan fingerprint density at radius 3 is 2.33 bits per heavy atom. The number of hydrogen-bond acceptors (Lipinski definition) is 5. The lowest BCUT2D eigenvalue weighted by Gasteiger charge is -2.18. The molecule has 4 N–H and O–H groups in total. The summed E-state index contributed by atoms with van der Waals surface area (Å²) in [6.45, 7) is 0.517. The number of rotatable bonds is 5. The van der Waals surface area contributed by atoms with Crippen LogP contribution in [0.15, 0.2) is 0 Å². The molecule has 0 spiro atoms. The number of aliphatic carboxylic acids is 1. The molecule has 72 valence electrons. The standard InChI is InChI=1S/C6H12O6/c1-3(5(9)10)12-6(11)4(8)2-7/h3-4,6-8,11H,2H2,1H3,(H,9,10)/t3?,4?,6-/m1/s1. The molecule has 12 heavy (non-hydrogen) atoms. The van der Waals surface area contributed by atoms with E-state index in [9.17, 15) is 4.79 Å². The summed E-state index contributed by atoms with van der Waals surface area (Å²) in [5.74, 6) is -1.25. The molecule has 0 rings (SSSR count). The second-order valence-electron chi connectivity index (χ2n) is 2.26. The van der Waals surface area contributed by atoms with Gasteiger partial charge in [-0.15, -0.1) is 0 Å². The maximum atomic E-state index is 10.2. The molecule has 0 fully saturated rings. The molecule has 0 amide bonds. The van der Waals surface area contributed by atoms with Gasteiger partial charge in [0, 0.05) is 0 Å². The Morgan fingerprint density at radius 1 is 1.50 bits per heavy atom. The minimum absolute atomic E-state index is 0.687. The second kappa shape index (κ2) is 5.04. The molecule has 0 aromatic rings. The van der Waals surface area contributed by atoms with Gasteiger partial charge in [0.15, 0.2) is 12.4 Å². The van der Waals surface area contributed by atoms with Crippen molar-refractivity contribution in [2.75, 3.05) is 6.61 Å². The summed E-state index contributed by atoms with van der Waals surface area (Å²) >= 11 is 0. The maximum Gasteiger partial charge on any atom is 0.332 e. The van der Waals surface area contributed by atoms with Crippen LogP contribution in [-0.2, 0) is 9.53 Å². The van der Waals surface area contributed by atoms with E-state index in [0.717, 1.165) is 0 Å². The van der Waals surface area contributed by atoms with Crippen molar-refractivity contribution in [1.29, 1.82) is 0 Å². The van der Waals surface area contributed by atoms with Gasteiger partial charge in [-0.25, -0.2) is 4.79 Å². The first-order chi connectivity index (χ1) is 5.49. The number of ether oxygens (including phenoxy) is 1. The first-order valence-corrected chi connectivity index (χ1v) is 3.34. The van der Waals surface area contributed by atoms with E-state index in [-0.39, 0.29) is 0 Å². The average Bonchev–Trinajstić information content (AvgIpc) is 2.02. The van der Waals surface area contributed by atoms with Crippen molar-refractivity contribution < 1.29 is 30.0 Å². The molecular weight excluding hydrogens is 168 g/mol. The normalized spacial score (nSPS) is 18.3. The lowest BCUT2D eigenvalue weighted by molar-refractivity contribution is -0.202. The lowest BCUT2D eigenvalue weighted by atomic mass is 10.3. The highest BCUT2D eigenvalue weighted by atomic mass is 16.6. The van der Waals surface area contributed by atoms with Crippen LogP contribution >= 0.6 is 0 Å². The molecule has 0 aliphatic carbocycles. The third-order valence-corrected chi connectivity index (χ3v) is 1.21. The first kappa shape index (κ1) is 11.3. The summed E-state index contributed by atoms with van der Waals surface area (Å²) in [5, 5.41) is 34.2. The molecule has 0 aliphatic heterocycles. The van der Waals surface area contributed by atoms with Crippen LogP contribution in [0.4, 0.5) is 0 Å². The monoisotopic (exact) mass is 180 g/mol. The summed E-state index contributed by atoms with van der Waals surface area (Å²) < 4.78 is 4.41. The quantitative estimate of drug-likeness (QED) is 0.370. The van der Waals surface area contributed by atoms with E-state index in [1.165, 1.54) is 6.92 Å². The zero-order valence-corrected chi connectivity index (χ0v) is 6.54. The predicted molar refractivity (Wildman–Crippen MR) is 37.3 cm³/mol. The van der Waals surface area contributed by atoms with E-state index >= 15 is 0 Å². The van der Waals surface area contributed by atoms with Crippen molar-refractivity contribution in [1.82, 2.24) is 0 Å². The van der Waals surface area contributed by atoms with Crippen molar-refractivity contribution in [3.63, 3.8) is 0 Å². The van der Waals surface area contributed by atoms with Crippen molar-refractivity contribution in [3.8, 4) is 0 Å². The van der Waals surface area contributed by atoms with Gasteiger partial charge >= 0.3 is 5.97 Å². The van der Waals surface area contributed by atoms with Crippen LogP contribution in [0.25, 0.3) is 0 Å². The van der Waals surface area contributed by atoms with Gasteiger partial charge in [-0.05, 0) is 6.92 Å². The fourth-order valence-corrected chi connectivity index (χ4v) is 0.448. The van der Waals surface area contributed by atoms with E-state index in [4.69, 9.17) is 20.4 Å². The van der Waals surface area contributed by atoms with E-state index in [1.807, 2.05) is 0 Å². The minimum Gasteiger partial charge on any atom is -0.479 e. The Kier molecular flexibility index (Phi) is 4.75. The second-order valence-corrected chi connectivity index (χ2v) is 2.26. The topological polar surface area (TPSA) is 107 Å². The molecule has 0 saturated heterocycles. The van der Waals surface area contributed by atoms with Crippen LogP contribution < -0.4 is 0 Å². The van der Waals surface area contributed by atoms with E-state index in [0.29, 0.717) is 0 Å². The fourth-order valence-electron chi connectivity index (χ4n) is 0.448. The molecule has 0 saturated carbocycles. The van der Waals surface area contributed by atoms with Gasteiger partial charge in [0.25, 0.3) is 0 Å². The molecule has 0 radical (unpaired) electrons. The Morgan fingerprint density at radius 2 is 2.00 bits per heavy atom. The zero-order valence-electron chi connectivity index (χ0n) is 6.54. The van der Waals surface area contributed by atoms with Crippen LogP contribution in [0.2, 0.25) is 0 Å². The molecule has 2 unspecified atom stereocenters.